The van der Waals surface area contributed by atoms with Gasteiger partial charge in [-0.3, -0.25) is 0 Å². The molecule has 1 rings (SSSR count). The number of ether oxygens (including phenoxy) is 1. The molecular weight excluding hydrogens is 194 g/mol. The molecule has 0 saturated heterocycles. The van der Waals surface area contributed by atoms with Crippen LogP contribution in [0.5, 0.6) is 5.88 Å². The smallest absolute Gasteiger partial charge is 0.224 e. The molecule has 1 aromatic rings. The predicted molar refractivity (Wildman–Crippen MR) is 44.9 cm³/mol. The molecule has 0 radical (unpaired) electrons. The van der Waals surface area contributed by atoms with Gasteiger partial charge in [0, 0.05) is 0 Å². The number of aromatic nitrogens is 1. The Morgan fingerprint density at radius 1 is 1.69 bits per heavy atom. The van der Waals surface area contributed by atoms with Gasteiger partial charge in [0.05, 0.1) is 18.6 Å². The summed E-state index contributed by atoms with van der Waals surface area (Å²) in [6.45, 7) is 1.60. The van der Waals surface area contributed by atoms with Gasteiger partial charge in [-0.1, -0.05) is 11.6 Å². The van der Waals surface area contributed by atoms with Crippen LogP contribution in [0.25, 0.3) is 0 Å². The van der Waals surface area contributed by atoms with Crippen LogP contribution in [0.2, 0.25) is 5.15 Å². The lowest BCUT2D eigenvalue weighted by Gasteiger charge is -2.11. The van der Waals surface area contributed by atoms with Crippen molar-refractivity contribution in [2.24, 2.45) is 0 Å². The van der Waals surface area contributed by atoms with Crippen molar-refractivity contribution in [3.63, 3.8) is 0 Å². The number of carboxylic acid groups (broad SMARTS) is 1. The van der Waals surface area contributed by atoms with Gasteiger partial charge in [-0.05, 0) is 18.6 Å². The van der Waals surface area contributed by atoms with Crippen molar-refractivity contribution >= 4 is 17.6 Å². The average molecular weight is 201 g/mol. The third-order valence-electron chi connectivity index (χ3n) is 1.55. The number of aromatic carboxylic acids is 1. The van der Waals surface area contributed by atoms with E-state index in [1.807, 2.05) is 0 Å². The van der Waals surface area contributed by atoms with Crippen molar-refractivity contribution in [2.45, 2.75) is 6.92 Å². The van der Waals surface area contributed by atoms with Crippen LogP contribution in [0, 0.1) is 6.92 Å². The quantitative estimate of drug-likeness (QED) is 0.649. The van der Waals surface area contributed by atoms with Gasteiger partial charge in [-0.25, -0.2) is 4.98 Å². The Hall–Kier alpha value is -1.29. The summed E-state index contributed by atoms with van der Waals surface area (Å²) < 4.78 is 4.75. The van der Waals surface area contributed by atoms with E-state index in [1.54, 1.807) is 6.92 Å². The summed E-state index contributed by atoms with van der Waals surface area (Å²) in [7, 11) is 1.32. The number of nitrogens with zero attached hydrogens (tertiary/aromatic N) is 1. The molecular formula is C8H7ClNO3-. The zero-order chi connectivity index (χ0) is 10.0. The number of rotatable bonds is 2. The minimum Gasteiger partial charge on any atom is -0.545 e. The van der Waals surface area contributed by atoms with E-state index in [4.69, 9.17) is 16.3 Å². The third kappa shape index (κ3) is 1.89. The van der Waals surface area contributed by atoms with Gasteiger partial charge in [0.1, 0.15) is 5.15 Å². The molecule has 5 heteroatoms. The van der Waals surface area contributed by atoms with Crippen molar-refractivity contribution in [3.8, 4) is 5.88 Å². The second-order valence-corrected chi connectivity index (χ2v) is 2.82. The van der Waals surface area contributed by atoms with Crippen molar-refractivity contribution in [1.82, 2.24) is 4.98 Å². The van der Waals surface area contributed by atoms with Crippen molar-refractivity contribution in [2.75, 3.05) is 7.11 Å². The summed E-state index contributed by atoms with van der Waals surface area (Å²) in [5.41, 5.74) is 0.406. The maximum absolute atomic E-state index is 10.6. The minimum absolute atomic E-state index is 0.0231. The molecule has 0 fully saturated rings. The molecule has 1 aromatic heterocycles. The number of carboxylic acids is 1. The molecule has 0 aliphatic rings. The Morgan fingerprint density at radius 3 is 2.77 bits per heavy atom. The molecule has 0 N–H and O–H groups in total. The van der Waals surface area contributed by atoms with Gasteiger partial charge in [0.2, 0.25) is 5.88 Å². The summed E-state index contributed by atoms with van der Waals surface area (Å²) in [5.74, 6) is -1.34. The fourth-order valence-corrected chi connectivity index (χ4v) is 1.24. The van der Waals surface area contributed by atoms with E-state index in [1.165, 1.54) is 13.2 Å². The molecule has 1 heterocycles. The normalized spacial score (nSPS) is 9.77. The van der Waals surface area contributed by atoms with Gasteiger partial charge in [0.15, 0.2) is 0 Å². The summed E-state index contributed by atoms with van der Waals surface area (Å²) in [6.07, 6.45) is 0. The highest BCUT2D eigenvalue weighted by Crippen LogP contribution is 2.21. The molecule has 0 atom stereocenters. The van der Waals surface area contributed by atoms with E-state index in [0.29, 0.717) is 5.56 Å². The molecule has 0 aliphatic carbocycles. The zero-order valence-electron chi connectivity index (χ0n) is 7.13. The third-order valence-corrected chi connectivity index (χ3v) is 1.74. The number of carbonyl (C=O) groups is 1. The van der Waals surface area contributed by atoms with Crippen molar-refractivity contribution in [3.05, 3.63) is 22.3 Å². The van der Waals surface area contributed by atoms with Crippen LogP contribution in [-0.2, 0) is 0 Å². The lowest BCUT2D eigenvalue weighted by molar-refractivity contribution is -0.255. The lowest BCUT2D eigenvalue weighted by atomic mass is 10.1. The largest absolute Gasteiger partial charge is 0.545 e. The molecule has 0 aromatic carbocycles. The summed E-state index contributed by atoms with van der Waals surface area (Å²) in [6, 6.07) is 1.44. The first-order valence-electron chi connectivity index (χ1n) is 3.48. The predicted octanol–water partition coefficient (Wildman–Crippen LogP) is 0.416. The molecule has 0 bridgehead atoms. The molecule has 4 nitrogen and oxygen atoms in total. The number of carbonyl (C=O) groups excluding carboxylic acids is 1. The number of pyridine rings is 1. The lowest BCUT2D eigenvalue weighted by Crippen LogP contribution is -2.24. The first-order valence-corrected chi connectivity index (χ1v) is 3.86. The van der Waals surface area contributed by atoms with E-state index >= 15 is 0 Å². The highest BCUT2D eigenvalue weighted by Gasteiger charge is 2.10. The van der Waals surface area contributed by atoms with Crippen LogP contribution < -0.4 is 9.84 Å². The molecule has 0 saturated carbocycles. The highest BCUT2D eigenvalue weighted by molar-refractivity contribution is 6.29. The summed E-state index contributed by atoms with van der Waals surface area (Å²) >= 11 is 5.60. The Labute approximate surface area is 80.1 Å². The maximum atomic E-state index is 10.6. The Balaban J connectivity index is 3.38. The molecule has 0 amide bonds. The SMILES string of the molecule is COc1nc(Cl)cc(C)c1C(=O)[O-]. The van der Waals surface area contributed by atoms with Gasteiger partial charge in [-0.2, -0.15) is 0 Å². The number of aryl methyl sites for hydroxylation is 1. The van der Waals surface area contributed by atoms with Gasteiger partial charge in [-0.15, -0.1) is 0 Å². The highest BCUT2D eigenvalue weighted by atomic mass is 35.5. The number of halogens is 1. The molecule has 13 heavy (non-hydrogen) atoms. The zero-order valence-corrected chi connectivity index (χ0v) is 7.88. The minimum atomic E-state index is -1.32. The maximum Gasteiger partial charge on any atom is 0.224 e. The number of methoxy groups -OCH3 is 1. The second kappa shape index (κ2) is 3.62. The topological polar surface area (TPSA) is 62.2 Å². The van der Waals surface area contributed by atoms with Crippen LogP contribution >= 0.6 is 11.6 Å². The Bertz CT molecular complexity index is 351. The summed E-state index contributed by atoms with van der Waals surface area (Å²) in [5, 5.41) is 10.8. The Kier molecular flexibility index (Phi) is 2.72. The van der Waals surface area contributed by atoms with E-state index < -0.39 is 5.97 Å². The first kappa shape index (κ1) is 9.80. The molecule has 0 unspecified atom stereocenters. The van der Waals surface area contributed by atoms with Crippen LogP contribution in [0.15, 0.2) is 6.07 Å². The number of hydrogen-bond acceptors (Lipinski definition) is 4. The van der Waals surface area contributed by atoms with Crippen molar-refractivity contribution in [1.29, 1.82) is 0 Å². The fourth-order valence-electron chi connectivity index (χ4n) is 1.00. The average Bonchev–Trinajstić information content (AvgIpc) is 2.01. The van der Waals surface area contributed by atoms with Crippen LogP contribution in [0.1, 0.15) is 15.9 Å². The van der Waals surface area contributed by atoms with Crippen LogP contribution in [0.4, 0.5) is 0 Å². The monoisotopic (exact) mass is 200 g/mol. The molecule has 70 valence electrons. The second-order valence-electron chi connectivity index (χ2n) is 2.43. The number of hydrogen-bond donors (Lipinski definition) is 0. The fraction of sp³-hybridized carbons (Fsp3) is 0.250. The first-order chi connectivity index (χ1) is 6.06. The van der Waals surface area contributed by atoms with Crippen molar-refractivity contribution < 1.29 is 14.6 Å². The summed E-state index contributed by atoms with van der Waals surface area (Å²) in [4.78, 5) is 14.3. The molecule has 0 aliphatic heterocycles. The van der Waals surface area contributed by atoms with E-state index in [-0.39, 0.29) is 16.6 Å². The van der Waals surface area contributed by atoms with Gasteiger partial charge >= 0.3 is 0 Å². The van der Waals surface area contributed by atoms with E-state index in [0.717, 1.165) is 0 Å². The Morgan fingerprint density at radius 2 is 2.31 bits per heavy atom. The van der Waals surface area contributed by atoms with Gasteiger partial charge in [0.25, 0.3) is 0 Å². The standard InChI is InChI=1S/C8H8ClNO3/c1-4-3-5(9)10-7(13-2)6(4)8(11)12/h3H,1-2H3,(H,11,12)/p-1. The van der Waals surface area contributed by atoms with Gasteiger partial charge < -0.3 is 14.6 Å². The van der Waals surface area contributed by atoms with E-state index in [9.17, 15) is 9.90 Å². The van der Waals surface area contributed by atoms with E-state index in [2.05, 4.69) is 4.98 Å². The van der Waals surface area contributed by atoms with Crippen LogP contribution in [-0.4, -0.2) is 18.1 Å². The molecule has 0 spiro atoms. The van der Waals surface area contributed by atoms with Crippen LogP contribution in [0.3, 0.4) is 0 Å².